The standard InChI is InChI=1S/C12H12Br2F3N/c13-6-8-5-9(14)1-4-11(8)18(10-2-3-10)7-12(15,16)17/h1,4-5,10H,2-3,6-7H2. The maximum Gasteiger partial charge on any atom is 0.405 e. The Morgan fingerprint density at radius 1 is 1.28 bits per heavy atom. The Kier molecular flexibility index (Phi) is 4.26. The summed E-state index contributed by atoms with van der Waals surface area (Å²) in [6, 6.07) is 5.43. The van der Waals surface area contributed by atoms with Crippen LogP contribution in [-0.4, -0.2) is 18.8 Å². The number of nitrogens with zero attached hydrogens (tertiary/aromatic N) is 1. The predicted molar refractivity (Wildman–Crippen MR) is 73.2 cm³/mol. The predicted octanol–water partition coefficient (Wildman–Crippen LogP) is 4.88. The Labute approximate surface area is 121 Å². The third-order valence-electron chi connectivity index (χ3n) is 2.83. The normalized spacial score (nSPS) is 15.8. The van der Waals surface area contributed by atoms with Gasteiger partial charge in [-0.25, -0.2) is 0 Å². The second kappa shape index (κ2) is 5.41. The van der Waals surface area contributed by atoms with Crippen LogP contribution in [0.2, 0.25) is 0 Å². The van der Waals surface area contributed by atoms with Gasteiger partial charge in [0.25, 0.3) is 0 Å². The van der Waals surface area contributed by atoms with E-state index in [0.717, 1.165) is 22.9 Å². The van der Waals surface area contributed by atoms with Crippen LogP contribution in [0.4, 0.5) is 18.9 Å². The van der Waals surface area contributed by atoms with Gasteiger partial charge in [-0.3, -0.25) is 0 Å². The molecule has 0 radical (unpaired) electrons. The Morgan fingerprint density at radius 2 is 1.94 bits per heavy atom. The van der Waals surface area contributed by atoms with Gasteiger partial charge in [-0.15, -0.1) is 0 Å². The topological polar surface area (TPSA) is 3.24 Å². The average molecular weight is 387 g/mol. The van der Waals surface area contributed by atoms with Crippen molar-refractivity contribution in [3.8, 4) is 0 Å². The van der Waals surface area contributed by atoms with Crippen LogP contribution >= 0.6 is 31.9 Å². The summed E-state index contributed by atoms with van der Waals surface area (Å²) in [4.78, 5) is 1.48. The molecule has 0 spiro atoms. The lowest BCUT2D eigenvalue weighted by atomic mass is 10.1. The lowest BCUT2D eigenvalue weighted by Gasteiger charge is -2.28. The first-order chi connectivity index (χ1) is 8.40. The maximum absolute atomic E-state index is 12.6. The van der Waals surface area contributed by atoms with Crippen molar-refractivity contribution in [1.82, 2.24) is 0 Å². The third kappa shape index (κ3) is 3.63. The van der Waals surface area contributed by atoms with Crippen molar-refractivity contribution >= 4 is 37.5 Å². The zero-order valence-corrected chi connectivity index (χ0v) is 12.6. The minimum atomic E-state index is -4.17. The molecule has 1 saturated carbocycles. The summed E-state index contributed by atoms with van der Waals surface area (Å²) >= 11 is 6.67. The molecule has 1 aromatic carbocycles. The second-order valence-corrected chi connectivity index (χ2v) is 5.86. The highest BCUT2D eigenvalue weighted by molar-refractivity contribution is 9.10. The van der Waals surface area contributed by atoms with Crippen LogP contribution in [0.25, 0.3) is 0 Å². The molecule has 0 aromatic heterocycles. The minimum absolute atomic E-state index is 0.0330. The quantitative estimate of drug-likeness (QED) is 0.667. The summed E-state index contributed by atoms with van der Waals surface area (Å²) in [5.74, 6) is 0. The summed E-state index contributed by atoms with van der Waals surface area (Å²) in [5.41, 5.74) is 1.55. The van der Waals surface area contributed by atoms with Gasteiger partial charge < -0.3 is 4.90 Å². The summed E-state index contributed by atoms with van der Waals surface area (Å²) in [6.45, 7) is -0.876. The van der Waals surface area contributed by atoms with Gasteiger partial charge in [0.15, 0.2) is 0 Å². The molecular weight excluding hydrogens is 375 g/mol. The first-order valence-corrected chi connectivity index (χ1v) is 7.50. The molecule has 1 fully saturated rings. The SMILES string of the molecule is FC(F)(F)CN(c1ccc(Br)cc1CBr)C1CC1. The molecule has 1 nitrogen and oxygen atoms in total. The molecule has 0 N–H and O–H groups in total. The second-order valence-electron chi connectivity index (χ2n) is 4.38. The third-order valence-corrected chi connectivity index (χ3v) is 3.93. The highest BCUT2D eigenvalue weighted by Gasteiger charge is 2.38. The Morgan fingerprint density at radius 3 is 2.44 bits per heavy atom. The fourth-order valence-electron chi connectivity index (χ4n) is 1.93. The lowest BCUT2D eigenvalue weighted by Crippen LogP contribution is -2.36. The summed E-state index contributed by atoms with van der Waals surface area (Å²) in [7, 11) is 0. The molecule has 0 atom stereocenters. The van der Waals surface area contributed by atoms with E-state index in [0.29, 0.717) is 11.0 Å². The fourth-order valence-corrected chi connectivity index (χ4v) is 2.79. The van der Waals surface area contributed by atoms with E-state index < -0.39 is 12.7 Å². The molecule has 1 aromatic rings. The number of hydrogen-bond acceptors (Lipinski definition) is 1. The Balaban J connectivity index is 2.30. The molecule has 0 bridgehead atoms. The van der Waals surface area contributed by atoms with Crippen molar-refractivity contribution in [3.63, 3.8) is 0 Å². The number of anilines is 1. The first-order valence-electron chi connectivity index (χ1n) is 5.58. The molecule has 6 heteroatoms. The van der Waals surface area contributed by atoms with Crippen LogP contribution in [0.1, 0.15) is 18.4 Å². The minimum Gasteiger partial charge on any atom is -0.359 e. The van der Waals surface area contributed by atoms with Crippen LogP contribution in [-0.2, 0) is 5.33 Å². The van der Waals surface area contributed by atoms with Gasteiger partial charge in [0.2, 0.25) is 0 Å². The van der Waals surface area contributed by atoms with Crippen LogP contribution in [0.3, 0.4) is 0 Å². The molecule has 18 heavy (non-hydrogen) atoms. The highest BCUT2D eigenvalue weighted by Crippen LogP contribution is 2.37. The Bertz CT molecular complexity index is 430. The molecule has 0 heterocycles. The number of rotatable bonds is 4. The van der Waals surface area contributed by atoms with Crippen LogP contribution < -0.4 is 4.90 Å². The van der Waals surface area contributed by atoms with Gasteiger partial charge in [0.1, 0.15) is 6.54 Å². The van der Waals surface area contributed by atoms with E-state index in [2.05, 4.69) is 31.9 Å². The van der Waals surface area contributed by atoms with Gasteiger partial charge in [0, 0.05) is 21.5 Å². The van der Waals surface area contributed by atoms with Crippen molar-refractivity contribution in [1.29, 1.82) is 0 Å². The lowest BCUT2D eigenvalue weighted by molar-refractivity contribution is -0.120. The van der Waals surface area contributed by atoms with E-state index in [9.17, 15) is 13.2 Å². The first kappa shape index (κ1) is 14.2. The molecule has 0 aliphatic heterocycles. The molecule has 1 aliphatic carbocycles. The van der Waals surface area contributed by atoms with E-state index in [1.54, 1.807) is 12.1 Å². The van der Waals surface area contributed by atoms with Crippen molar-refractivity contribution < 1.29 is 13.2 Å². The molecule has 0 amide bonds. The van der Waals surface area contributed by atoms with Gasteiger partial charge in [0.05, 0.1) is 0 Å². The van der Waals surface area contributed by atoms with Gasteiger partial charge >= 0.3 is 6.18 Å². The summed E-state index contributed by atoms with van der Waals surface area (Å²) in [6.07, 6.45) is -2.49. The van der Waals surface area contributed by atoms with E-state index >= 15 is 0 Å². The molecule has 0 saturated heterocycles. The van der Waals surface area contributed by atoms with Crippen molar-refractivity contribution in [3.05, 3.63) is 28.2 Å². The smallest absolute Gasteiger partial charge is 0.359 e. The maximum atomic E-state index is 12.6. The monoisotopic (exact) mass is 385 g/mol. The van der Waals surface area contributed by atoms with Crippen LogP contribution in [0.5, 0.6) is 0 Å². The largest absolute Gasteiger partial charge is 0.405 e. The molecule has 1 aliphatic rings. The number of benzene rings is 1. The van der Waals surface area contributed by atoms with Crippen LogP contribution in [0.15, 0.2) is 22.7 Å². The highest BCUT2D eigenvalue weighted by atomic mass is 79.9. The molecular formula is C12H12Br2F3N. The molecule has 0 unspecified atom stereocenters. The van der Waals surface area contributed by atoms with E-state index in [-0.39, 0.29) is 6.04 Å². The summed E-state index contributed by atoms with van der Waals surface area (Å²) < 4.78 is 38.8. The molecule has 2 rings (SSSR count). The van der Waals surface area contributed by atoms with Crippen molar-refractivity contribution in [2.24, 2.45) is 0 Å². The van der Waals surface area contributed by atoms with Crippen molar-refractivity contribution in [2.45, 2.75) is 30.4 Å². The molecule has 100 valence electrons. The zero-order chi connectivity index (χ0) is 13.3. The van der Waals surface area contributed by atoms with E-state index in [1.165, 1.54) is 4.90 Å². The van der Waals surface area contributed by atoms with E-state index in [4.69, 9.17) is 0 Å². The number of alkyl halides is 4. The zero-order valence-electron chi connectivity index (χ0n) is 9.47. The number of halogens is 5. The van der Waals surface area contributed by atoms with Gasteiger partial charge in [-0.05, 0) is 36.6 Å². The number of hydrogen-bond donors (Lipinski definition) is 0. The van der Waals surface area contributed by atoms with Gasteiger partial charge in [-0.1, -0.05) is 31.9 Å². The Hall–Kier alpha value is -0.230. The van der Waals surface area contributed by atoms with E-state index in [1.807, 2.05) is 6.07 Å². The fraction of sp³-hybridized carbons (Fsp3) is 0.500. The summed E-state index contributed by atoms with van der Waals surface area (Å²) in [5, 5.41) is 0.544. The van der Waals surface area contributed by atoms with Crippen LogP contribution in [0, 0.1) is 0 Å². The average Bonchev–Trinajstić information content (AvgIpc) is 3.08. The van der Waals surface area contributed by atoms with Crippen molar-refractivity contribution in [2.75, 3.05) is 11.4 Å². The van der Waals surface area contributed by atoms with Gasteiger partial charge in [-0.2, -0.15) is 13.2 Å².